The van der Waals surface area contributed by atoms with Crippen LogP contribution in [-0.4, -0.2) is 14.7 Å². The molecule has 96 valence electrons. The van der Waals surface area contributed by atoms with E-state index in [1.54, 1.807) is 6.33 Å². The molecular weight excluding hydrogens is 240 g/mol. The van der Waals surface area contributed by atoms with Crippen molar-refractivity contribution >= 4 is 5.88 Å². The Kier molecular flexibility index (Phi) is 2.59. The van der Waals surface area contributed by atoms with E-state index in [1.807, 2.05) is 49.0 Å². The molecule has 0 aliphatic heterocycles. The van der Waals surface area contributed by atoms with E-state index in [4.69, 9.17) is 10.3 Å². The van der Waals surface area contributed by atoms with Gasteiger partial charge < -0.3 is 14.8 Å². The normalized spacial score (nSPS) is 10.8. The highest BCUT2D eigenvalue weighted by molar-refractivity contribution is 5.86. The van der Waals surface area contributed by atoms with Crippen LogP contribution in [0.4, 0.5) is 5.88 Å². The summed E-state index contributed by atoms with van der Waals surface area (Å²) in [4.78, 5) is 4.30. The second-order valence-electron chi connectivity index (χ2n) is 4.51. The van der Waals surface area contributed by atoms with Gasteiger partial charge in [0.05, 0.1) is 11.9 Å². The Morgan fingerprint density at radius 1 is 1.26 bits per heavy atom. The molecule has 0 aliphatic rings. The SMILES string of the molecule is Cc1ccccc1-c1c(-c2cn(C)cn2)noc1N. The van der Waals surface area contributed by atoms with Crippen LogP contribution in [0.15, 0.2) is 41.3 Å². The van der Waals surface area contributed by atoms with E-state index in [1.165, 1.54) is 0 Å². The maximum atomic E-state index is 5.92. The van der Waals surface area contributed by atoms with Crippen molar-refractivity contribution in [3.63, 3.8) is 0 Å². The molecule has 0 saturated carbocycles. The number of imidazole rings is 1. The molecule has 5 nitrogen and oxygen atoms in total. The average Bonchev–Trinajstić information content (AvgIpc) is 2.96. The van der Waals surface area contributed by atoms with Gasteiger partial charge in [0.25, 0.3) is 0 Å². The van der Waals surface area contributed by atoms with Crippen molar-refractivity contribution < 1.29 is 4.52 Å². The maximum Gasteiger partial charge on any atom is 0.230 e. The van der Waals surface area contributed by atoms with E-state index < -0.39 is 0 Å². The van der Waals surface area contributed by atoms with Gasteiger partial charge in [-0.15, -0.1) is 0 Å². The molecule has 0 bridgehead atoms. The molecule has 2 N–H and O–H groups in total. The van der Waals surface area contributed by atoms with Crippen LogP contribution in [0.1, 0.15) is 5.56 Å². The number of nitrogens with zero attached hydrogens (tertiary/aromatic N) is 3. The summed E-state index contributed by atoms with van der Waals surface area (Å²) in [5.74, 6) is 0.315. The average molecular weight is 254 g/mol. The van der Waals surface area contributed by atoms with Gasteiger partial charge in [-0.2, -0.15) is 0 Å². The van der Waals surface area contributed by atoms with Gasteiger partial charge in [-0.1, -0.05) is 29.4 Å². The number of hydrogen-bond acceptors (Lipinski definition) is 4. The molecule has 2 heterocycles. The van der Waals surface area contributed by atoms with E-state index in [9.17, 15) is 0 Å². The van der Waals surface area contributed by atoms with Crippen molar-refractivity contribution in [2.24, 2.45) is 7.05 Å². The summed E-state index contributed by atoms with van der Waals surface area (Å²) >= 11 is 0. The summed E-state index contributed by atoms with van der Waals surface area (Å²) < 4.78 is 7.01. The van der Waals surface area contributed by atoms with Crippen LogP contribution < -0.4 is 5.73 Å². The predicted octanol–water partition coefficient (Wildman–Crippen LogP) is 2.63. The fraction of sp³-hybridized carbons (Fsp3) is 0.143. The molecular formula is C14H14N4O. The number of nitrogens with two attached hydrogens (primary N) is 1. The van der Waals surface area contributed by atoms with Crippen LogP contribution >= 0.6 is 0 Å². The fourth-order valence-corrected chi connectivity index (χ4v) is 2.13. The lowest BCUT2D eigenvalue weighted by molar-refractivity contribution is 0.439. The first-order chi connectivity index (χ1) is 9.16. The van der Waals surface area contributed by atoms with Crippen LogP contribution in [0, 0.1) is 6.92 Å². The molecule has 0 saturated heterocycles. The Balaban J connectivity index is 2.22. The maximum absolute atomic E-state index is 5.92. The fourth-order valence-electron chi connectivity index (χ4n) is 2.13. The van der Waals surface area contributed by atoms with Crippen LogP contribution in [-0.2, 0) is 7.05 Å². The Morgan fingerprint density at radius 3 is 2.74 bits per heavy atom. The molecule has 0 fully saturated rings. The summed E-state index contributed by atoms with van der Waals surface area (Å²) in [5.41, 5.74) is 10.3. The number of anilines is 1. The predicted molar refractivity (Wildman–Crippen MR) is 73.3 cm³/mol. The van der Waals surface area contributed by atoms with E-state index in [0.717, 1.165) is 22.4 Å². The van der Waals surface area contributed by atoms with Gasteiger partial charge in [0.15, 0.2) is 0 Å². The zero-order valence-corrected chi connectivity index (χ0v) is 10.8. The summed E-state index contributed by atoms with van der Waals surface area (Å²) in [6.07, 6.45) is 3.61. The van der Waals surface area contributed by atoms with E-state index >= 15 is 0 Å². The number of aromatic nitrogens is 3. The van der Waals surface area contributed by atoms with Crippen LogP contribution in [0.5, 0.6) is 0 Å². The molecule has 0 aliphatic carbocycles. The van der Waals surface area contributed by atoms with Gasteiger partial charge in [-0.3, -0.25) is 0 Å². The number of benzene rings is 1. The van der Waals surface area contributed by atoms with Gasteiger partial charge in [-0.25, -0.2) is 4.98 Å². The number of aryl methyl sites for hydroxylation is 2. The topological polar surface area (TPSA) is 69.9 Å². The quantitative estimate of drug-likeness (QED) is 0.763. The monoisotopic (exact) mass is 254 g/mol. The molecule has 0 radical (unpaired) electrons. The minimum atomic E-state index is 0.315. The Labute approximate surface area is 110 Å². The zero-order valence-electron chi connectivity index (χ0n) is 10.8. The van der Waals surface area contributed by atoms with Crippen LogP contribution in [0.25, 0.3) is 22.5 Å². The van der Waals surface area contributed by atoms with Gasteiger partial charge in [0, 0.05) is 13.2 Å². The molecule has 0 amide bonds. The van der Waals surface area contributed by atoms with Gasteiger partial charge in [0.1, 0.15) is 11.4 Å². The first kappa shape index (κ1) is 11.5. The van der Waals surface area contributed by atoms with Gasteiger partial charge in [0.2, 0.25) is 5.88 Å². The molecule has 2 aromatic heterocycles. The third-order valence-electron chi connectivity index (χ3n) is 3.08. The summed E-state index contributed by atoms with van der Waals surface area (Å²) in [6, 6.07) is 7.99. The highest BCUT2D eigenvalue weighted by atomic mass is 16.5. The largest absolute Gasteiger partial charge is 0.367 e. The number of nitrogen functional groups attached to an aromatic ring is 1. The Hall–Kier alpha value is -2.56. The zero-order chi connectivity index (χ0) is 13.4. The third-order valence-corrected chi connectivity index (χ3v) is 3.08. The molecule has 1 aromatic carbocycles. The molecule has 0 spiro atoms. The smallest absolute Gasteiger partial charge is 0.230 e. The molecule has 19 heavy (non-hydrogen) atoms. The number of hydrogen-bond donors (Lipinski definition) is 1. The van der Waals surface area contributed by atoms with E-state index in [-0.39, 0.29) is 0 Å². The summed E-state index contributed by atoms with van der Waals surface area (Å²) in [5, 5.41) is 4.04. The van der Waals surface area contributed by atoms with E-state index in [0.29, 0.717) is 11.6 Å². The minimum Gasteiger partial charge on any atom is -0.367 e. The second kappa shape index (κ2) is 4.28. The van der Waals surface area contributed by atoms with Crippen molar-refractivity contribution in [1.82, 2.24) is 14.7 Å². The molecule has 3 rings (SSSR count). The van der Waals surface area contributed by atoms with Crippen molar-refractivity contribution in [2.75, 3.05) is 5.73 Å². The summed E-state index contributed by atoms with van der Waals surface area (Å²) in [6.45, 7) is 2.03. The van der Waals surface area contributed by atoms with Crippen molar-refractivity contribution in [2.45, 2.75) is 6.92 Å². The van der Waals surface area contributed by atoms with Crippen LogP contribution in [0.3, 0.4) is 0 Å². The van der Waals surface area contributed by atoms with E-state index in [2.05, 4.69) is 10.1 Å². The highest BCUT2D eigenvalue weighted by Crippen LogP contribution is 2.36. The van der Waals surface area contributed by atoms with Gasteiger partial charge in [-0.05, 0) is 18.1 Å². The summed E-state index contributed by atoms with van der Waals surface area (Å²) in [7, 11) is 1.91. The molecule has 0 atom stereocenters. The lowest BCUT2D eigenvalue weighted by Crippen LogP contribution is -1.90. The molecule has 0 unspecified atom stereocenters. The minimum absolute atomic E-state index is 0.315. The number of rotatable bonds is 2. The standard InChI is InChI=1S/C14H14N4O/c1-9-5-3-4-6-10(9)12-13(17-19-14(12)15)11-7-18(2)8-16-11/h3-8H,15H2,1-2H3. The molecule has 3 aromatic rings. The van der Waals surface area contributed by atoms with Crippen LogP contribution in [0.2, 0.25) is 0 Å². The Bertz CT molecular complexity index is 727. The second-order valence-corrected chi connectivity index (χ2v) is 4.51. The first-order valence-electron chi connectivity index (χ1n) is 5.96. The van der Waals surface area contributed by atoms with Crippen molar-refractivity contribution in [3.05, 3.63) is 42.4 Å². The Morgan fingerprint density at radius 2 is 2.05 bits per heavy atom. The highest BCUT2D eigenvalue weighted by Gasteiger charge is 2.20. The first-order valence-corrected chi connectivity index (χ1v) is 5.96. The van der Waals surface area contributed by atoms with Gasteiger partial charge >= 0.3 is 0 Å². The lowest BCUT2D eigenvalue weighted by Gasteiger charge is -2.04. The third kappa shape index (κ3) is 1.89. The van der Waals surface area contributed by atoms with Crippen molar-refractivity contribution in [3.8, 4) is 22.5 Å². The lowest BCUT2D eigenvalue weighted by atomic mass is 9.99. The molecule has 5 heteroatoms. The van der Waals surface area contributed by atoms with Crippen molar-refractivity contribution in [1.29, 1.82) is 0 Å².